The summed E-state index contributed by atoms with van der Waals surface area (Å²) in [7, 11) is 1.40. The molecule has 1 fully saturated rings. The molecule has 0 spiro atoms. The summed E-state index contributed by atoms with van der Waals surface area (Å²) >= 11 is 6.88. The third-order valence-electron chi connectivity index (χ3n) is 3.65. The molecule has 0 radical (unpaired) electrons. The van der Waals surface area contributed by atoms with Crippen LogP contribution in [0.25, 0.3) is 6.08 Å². The van der Waals surface area contributed by atoms with Crippen molar-refractivity contribution in [3.05, 3.63) is 57.5 Å². The molecule has 1 aliphatic rings. The maximum atomic E-state index is 12.9. The summed E-state index contributed by atoms with van der Waals surface area (Å²) < 4.78 is 43.6. The molecule has 1 saturated heterocycles. The Bertz CT molecular complexity index is 1010. The number of methoxy groups -OCH3 is 1. The smallest absolute Gasteiger partial charge is 0.416 e. The molecule has 0 unspecified atom stereocenters. The second-order valence-corrected chi connectivity index (χ2v) is 7.01. The highest BCUT2D eigenvalue weighted by molar-refractivity contribution is 8.18. The van der Waals surface area contributed by atoms with Crippen LogP contribution in [-0.2, 0) is 11.0 Å². The van der Waals surface area contributed by atoms with E-state index in [1.165, 1.54) is 25.3 Å². The minimum atomic E-state index is -4.53. The third kappa shape index (κ3) is 4.42. The van der Waals surface area contributed by atoms with Gasteiger partial charge in [-0.2, -0.15) is 13.2 Å². The number of thioether (sulfide) groups is 1. The molecule has 2 N–H and O–H groups in total. The topological polar surface area (TPSA) is 70.9 Å². The van der Waals surface area contributed by atoms with Crippen LogP contribution in [0.15, 0.2) is 46.3 Å². The van der Waals surface area contributed by atoms with E-state index in [0.717, 1.165) is 30.0 Å². The average Bonchev–Trinajstić information content (AvgIpc) is 2.96. The van der Waals surface area contributed by atoms with E-state index in [-0.39, 0.29) is 32.3 Å². The molecule has 0 saturated carbocycles. The first kappa shape index (κ1) is 20.1. The number of ether oxygens (including phenoxy) is 1. The number of alkyl halides is 3. The summed E-state index contributed by atoms with van der Waals surface area (Å²) in [6.07, 6.45) is -2.99. The Labute approximate surface area is 166 Å². The lowest BCUT2D eigenvalue weighted by Gasteiger charge is -2.08. The van der Waals surface area contributed by atoms with E-state index in [2.05, 4.69) is 10.3 Å². The van der Waals surface area contributed by atoms with Crippen molar-refractivity contribution in [2.75, 3.05) is 7.11 Å². The summed E-state index contributed by atoms with van der Waals surface area (Å²) in [4.78, 5) is 16.4. The number of benzene rings is 2. The van der Waals surface area contributed by atoms with Gasteiger partial charge in [0, 0.05) is 0 Å². The van der Waals surface area contributed by atoms with Gasteiger partial charge in [0.25, 0.3) is 5.91 Å². The normalized spacial score (nSPS) is 17.2. The van der Waals surface area contributed by atoms with Crippen LogP contribution in [0.1, 0.15) is 11.1 Å². The highest BCUT2D eigenvalue weighted by atomic mass is 35.5. The van der Waals surface area contributed by atoms with Crippen LogP contribution in [-0.4, -0.2) is 23.3 Å². The molecule has 2 aromatic rings. The van der Waals surface area contributed by atoms with Gasteiger partial charge >= 0.3 is 6.18 Å². The summed E-state index contributed by atoms with van der Waals surface area (Å²) in [6, 6.07) is 7.31. The monoisotopic (exact) mass is 428 g/mol. The fraction of sp³-hybridized carbons (Fsp3) is 0.111. The zero-order valence-corrected chi connectivity index (χ0v) is 15.7. The Kier molecular flexibility index (Phi) is 5.57. The van der Waals surface area contributed by atoms with Crippen LogP contribution in [0, 0.1) is 0 Å². The van der Waals surface area contributed by atoms with Crippen molar-refractivity contribution in [2.45, 2.75) is 6.18 Å². The van der Waals surface area contributed by atoms with E-state index >= 15 is 0 Å². The van der Waals surface area contributed by atoms with Crippen molar-refractivity contribution < 1.29 is 27.8 Å². The number of hydrogen-bond donors (Lipinski definition) is 2. The molecule has 0 bridgehead atoms. The fourth-order valence-electron chi connectivity index (χ4n) is 2.30. The summed E-state index contributed by atoms with van der Waals surface area (Å²) in [5.41, 5.74) is -0.407. The van der Waals surface area contributed by atoms with Gasteiger partial charge in [-0.15, -0.1) is 0 Å². The van der Waals surface area contributed by atoms with Crippen molar-refractivity contribution in [2.24, 2.45) is 4.99 Å². The molecule has 28 heavy (non-hydrogen) atoms. The zero-order valence-electron chi connectivity index (χ0n) is 14.2. The average molecular weight is 429 g/mol. The lowest BCUT2D eigenvalue weighted by molar-refractivity contribution is -0.137. The molecule has 10 heteroatoms. The Balaban J connectivity index is 1.89. The SMILES string of the molecule is COc1cc(/C=C2\SC(=Nc3cc(C(F)(F)F)ccc3Cl)NC2=O)ccc1O. The van der Waals surface area contributed by atoms with Gasteiger partial charge in [0.1, 0.15) is 0 Å². The predicted molar refractivity (Wildman–Crippen MR) is 102 cm³/mol. The Hall–Kier alpha value is -2.65. The molecule has 0 aromatic heterocycles. The minimum absolute atomic E-state index is 0.0241. The van der Waals surface area contributed by atoms with E-state index in [1.807, 2.05) is 0 Å². The molecular formula is C18H12ClF3N2O3S. The third-order valence-corrected chi connectivity index (χ3v) is 4.88. The first-order chi connectivity index (χ1) is 13.2. The van der Waals surface area contributed by atoms with Crippen LogP contribution >= 0.6 is 23.4 Å². The number of nitrogens with one attached hydrogen (secondary N) is 1. The van der Waals surface area contributed by atoms with Crippen LogP contribution in [0.3, 0.4) is 0 Å². The van der Waals surface area contributed by atoms with Gasteiger partial charge in [0.05, 0.1) is 28.3 Å². The predicted octanol–water partition coefficient (Wildman–Crippen LogP) is 4.96. The van der Waals surface area contributed by atoms with Gasteiger partial charge < -0.3 is 15.2 Å². The maximum Gasteiger partial charge on any atom is 0.416 e. The zero-order chi connectivity index (χ0) is 20.5. The number of carbonyl (C=O) groups is 1. The lowest BCUT2D eigenvalue weighted by atomic mass is 10.2. The number of halogens is 4. The van der Waals surface area contributed by atoms with E-state index < -0.39 is 17.6 Å². The van der Waals surface area contributed by atoms with Crippen LogP contribution in [0.5, 0.6) is 11.5 Å². The van der Waals surface area contributed by atoms with Gasteiger partial charge in [-0.25, -0.2) is 4.99 Å². The molecule has 1 aliphatic heterocycles. The molecule has 5 nitrogen and oxygen atoms in total. The van der Waals surface area contributed by atoms with Gasteiger partial charge in [-0.1, -0.05) is 17.7 Å². The number of aliphatic imine (C=N–C) groups is 1. The van der Waals surface area contributed by atoms with Crippen molar-refractivity contribution in [3.63, 3.8) is 0 Å². The van der Waals surface area contributed by atoms with Crippen molar-refractivity contribution >= 4 is 46.2 Å². The Morgan fingerprint density at radius 3 is 2.68 bits per heavy atom. The number of amides is 1. The fourth-order valence-corrected chi connectivity index (χ4v) is 3.29. The van der Waals surface area contributed by atoms with Gasteiger partial charge in [-0.3, -0.25) is 4.79 Å². The second-order valence-electron chi connectivity index (χ2n) is 5.58. The largest absolute Gasteiger partial charge is 0.504 e. The molecule has 0 atom stereocenters. The van der Waals surface area contributed by atoms with E-state index in [4.69, 9.17) is 16.3 Å². The molecule has 1 amide bonds. The number of phenols is 1. The summed E-state index contributed by atoms with van der Waals surface area (Å²) in [5, 5.41) is 12.2. The first-order valence-corrected chi connectivity index (χ1v) is 8.90. The van der Waals surface area contributed by atoms with Crippen LogP contribution < -0.4 is 10.1 Å². The number of nitrogens with zero attached hydrogens (tertiary/aromatic N) is 1. The quantitative estimate of drug-likeness (QED) is 0.677. The van der Waals surface area contributed by atoms with Crippen molar-refractivity contribution in [1.82, 2.24) is 5.32 Å². The Morgan fingerprint density at radius 1 is 1.25 bits per heavy atom. The second kappa shape index (κ2) is 7.76. The van der Waals surface area contributed by atoms with Gasteiger partial charge in [-0.05, 0) is 53.7 Å². The van der Waals surface area contributed by atoms with E-state index in [9.17, 15) is 23.1 Å². The number of hydrogen-bond acceptors (Lipinski definition) is 5. The number of phenolic OH excluding ortho intramolecular Hbond substituents is 1. The highest BCUT2D eigenvalue weighted by Crippen LogP contribution is 2.37. The number of carbonyl (C=O) groups excluding carboxylic acids is 1. The summed E-state index contributed by atoms with van der Waals surface area (Å²) in [6.45, 7) is 0. The van der Waals surface area contributed by atoms with E-state index in [0.29, 0.717) is 5.56 Å². The van der Waals surface area contributed by atoms with Crippen molar-refractivity contribution in [3.8, 4) is 11.5 Å². The molecule has 1 heterocycles. The first-order valence-electron chi connectivity index (χ1n) is 7.70. The van der Waals surface area contributed by atoms with Gasteiger partial charge in [0.15, 0.2) is 16.7 Å². The van der Waals surface area contributed by atoms with Crippen LogP contribution in [0.2, 0.25) is 5.02 Å². The summed E-state index contributed by atoms with van der Waals surface area (Å²) in [5.74, 6) is -0.268. The highest BCUT2D eigenvalue weighted by Gasteiger charge is 2.31. The van der Waals surface area contributed by atoms with Crippen molar-refractivity contribution in [1.29, 1.82) is 0 Å². The molecule has 2 aromatic carbocycles. The maximum absolute atomic E-state index is 12.9. The standard InChI is InChI=1S/C18H12ClF3N2O3S/c1-27-14-6-9(2-5-13(14)25)7-15-16(26)24-17(28-15)23-12-8-10(18(20,21)22)3-4-11(12)19/h2-8,25H,1H3,(H,23,24,26)/b15-7-. The molecule has 146 valence electrons. The van der Waals surface area contributed by atoms with Crippen LogP contribution in [0.4, 0.5) is 18.9 Å². The number of aromatic hydroxyl groups is 1. The molecule has 3 rings (SSSR count). The molecule has 0 aliphatic carbocycles. The minimum Gasteiger partial charge on any atom is -0.504 e. The number of rotatable bonds is 3. The van der Waals surface area contributed by atoms with Gasteiger partial charge in [0.2, 0.25) is 0 Å². The molecular weight excluding hydrogens is 417 g/mol. The number of amidine groups is 1. The van der Waals surface area contributed by atoms with E-state index in [1.54, 1.807) is 6.07 Å². The Morgan fingerprint density at radius 2 is 2.00 bits per heavy atom. The lowest BCUT2D eigenvalue weighted by Crippen LogP contribution is -2.19.